The Labute approximate surface area is 85.5 Å². The third kappa shape index (κ3) is 3.17. The normalized spacial score (nSPS) is 11.1. The molecule has 0 bridgehead atoms. The molecular formula is C13H16O. The van der Waals surface area contributed by atoms with E-state index in [1.165, 1.54) is 5.56 Å². The molecule has 0 aliphatic rings. The Hall–Kier alpha value is -1.37. The molecule has 0 heterocycles. The largest absolute Gasteiger partial charge is 0.295 e. The molecule has 1 rings (SSSR count). The highest BCUT2D eigenvalue weighted by Gasteiger charge is 1.96. The van der Waals surface area contributed by atoms with E-state index in [0.29, 0.717) is 5.92 Å². The summed E-state index contributed by atoms with van der Waals surface area (Å²) in [6, 6.07) is 8.28. The maximum Gasteiger partial charge on any atom is 0.152 e. The van der Waals surface area contributed by atoms with Crippen LogP contribution in [-0.2, 0) is 4.79 Å². The van der Waals surface area contributed by atoms with Crippen LogP contribution in [0.5, 0.6) is 0 Å². The number of rotatable bonds is 3. The summed E-state index contributed by atoms with van der Waals surface area (Å²) in [6.07, 6.45) is 3.43. The summed E-state index contributed by atoms with van der Waals surface area (Å²) in [5.41, 5.74) is 2.40. The van der Waals surface area contributed by atoms with Crippen LogP contribution in [0.3, 0.4) is 0 Å². The van der Waals surface area contributed by atoms with Gasteiger partial charge >= 0.3 is 0 Å². The Kier molecular flexibility index (Phi) is 3.63. The maximum absolute atomic E-state index is 10.7. The Bertz CT molecular complexity index is 331. The summed E-state index contributed by atoms with van der Waals surface area (Å²) in [7, 11) is 0. The van der Waals surface area contributed by atoms with Gasteiger partial charge in [-0.2, -0.15) is 0 Å². The summed E-state index contributed by atoms with van der Waals surface area (Å²) in [5, 5.41) is 0. The van der Waals surface area contributed by atoms with Crippen molar-refractivity contribution in [1.82, 2.24) is 0 Å². The lowest BCUT2D eigenvalue weighted by Crippen LogP contribution is -1.86. The first-order chi connectivity index (χ1) is 6.59. The molecule has 0 atom stereocenters. The average Bonchev–Trinajstić information content (AvgIpc) is 2.15. The number of ketones is 1. The summed E-state index contributed by atoms with van der Waals surface area (Å²) >= 11 is 0. The van der Waals surface area contributed by atoms with Crippen molar-refractivity contribution in [2.45, 2.75) is 26.7 Å². The molecule has 74 valence electrons. The quantitative estimate of drug-likeness (QED) is 0.664. The minimum Gasteiger partial charge on any atom is -0.295 e. The smallest absolute Gasteiger partial charge is 0.152 e. The van der Waals surface area contributed by atoms with E-state index in [-0.39, 0.29) is 5.78 Å². The lowest BCUT2D eigenvalue weighted by Gasteiger charge is -2.04. The number of carbonyl (C=O) groups is 1. The van der Waals surface area contributed by atoms with E-state index in [1.54, 1.807) is 13.0 Å². The molecule has 0 radical (unpaired) electrons. The van der Waals surface area contributed by atoms with Gasteiger partial charge in [-0.05, 0) is 30.0 Å². The third-order valence-electron chi connectivity index (χ3n) is 2.11. The molecule has 0 aliphatic heterocycles. The second kappa shape index (κ2) is 4.75. The van der Waals surface area contributed by atoms with Crippen LogP contribution in [0.15, 0.2) is 30.3 Å². The number of carbonyl (C=O) groups excluding carboxylic acids is 1. The third-order valence-corrected chi connectivity index (χ3v) is 2.11. The predicted octanol–water partition coefficient (Wildman–Crippen LogP) is 3.41. The predicted molar refractivity (Wildman–Crippen MR) is 60.2 cm³/mol. The van der Waals surface area contributed by atoms with Crippen molar-refractivity contribution in [1.29, 1.82) is 0 Å². The molecule has 0 N–H and O–H groups in total. The van der Waals surface area contributed by atoms with Crippen molar-refractivity contribution in [3.63, 3.8) is 0 Å². The molecule has 0 saturated carbocycles. The van der Waals surface area contributed by atoms with Crippen LogP contribution in [0, 0.1) is 0 Å². The van der Waals surface area contributed by atoms with Gasteiger partial charge in [0.05, 0.1) is 0 Å². The number of hydrogen-bond acceptors (Lipinski definition) is 1. The van der Waals surface area contributed by atoms with E-state index < -0.39 is 0 Å². The van der Waals surface area contributed by atoms with E-state index in [9.17, 15) is 4.79 Å². The molecule has 1 heteroatoms. The van der Waals surface area contributed by atoms with Crippen LogP contribution in [0.4, 0.5) is 0 Å². The zero-order valence-electron chi connectivity index (χ0n) is 8.95. The van der Waals surface area contributed by atoms with Crippen LogP contribution < -0.4 is 0 Å². The van der Waals surface area contributed by atoms with Gasteiger partial charge in [0.2, 0.25) is 0 Å². The van der Waals surface area contributed by atoms with Gasteiger partial charge < -0.3 is 0 Å². The van der Waals surface area contributed by atoms with Gasteiger partial charge in [-0.15, -0.1) is 0 Å². The Morgan fingerprint density at radius 1 is 1.21 bits per heavy atom. The monoisotopic (exact) mass is 188 g/mol. The fourth-order valence-corrected chi connectivity index (χ4v) is 1.21. The fourth-order valence-electron chi connectivity index (χ4n) is 1.21. The highest BCUT2D eigenvalue weighted by atomic mass is 16.1. The zero-order valence-corrected chi connectivity index (χ0v) is 8.95. The van der Waals surface area contributed by atoms with Crippen LogP contribution >= 0.6 is 0 Å². The van der Waals surface area contributed by atoms with Gasteiger partial charge in [-0.25, -0.2) is 0 Å². The van der Waals surface area contributed by atoms with E-state index in [4.69, 9.17) is 0 Å². The molecule has 1 nitrogen and oxygen atoms in total. The fraction of sp³-hybridized carbons (Fsp3) is 0.308. The first-order valence-corrected chi connectivity index (χ1v) is 4.88. The van der Waals surface area contributed by atoms with Crippen LogP contribution in [-0.4, -0.2) is 5.78 Å². The van der Waals surface area contributed by atoms with Crippen molar-refractivity contribution in [2.24, 2.45) is 0 Å². The van der Waals surface area contributed by atoms with Crippen LogP contribution in [0.25, 0.3) is 6.08 Å². The highest BCUT2D eigenvalue weighted by molar-refractivity contribution is 5.91. The molecule has 1 aromatic rings. The Morgan fingerprint density at radius 2 is 1.79 bits per heavy atom. The van der Waals surface area contributed by atoms with Crippen molar-refractivity contribution < 1.29 is 4.79 Å². The SMILES string of the molecule is CC(=O)/C=C/c1ccc(C(C)C)cc1. The summed E-state index contributed by atoms with van der Waals surface area (Å²) in [4.78, 5) is 10.7. The topological polar surface area (TPSA) is 17.1 Å². The molecule has 0 unspecified atom stereocenters. The Balaban J connectivity index is 2.78. The minimum absolute atomic E-state index is 0.0814. The number of allylic oxidation sites excluding steroid dienone is 1. The summed E-state index contributed by atoms with van der Waals surface area (Å²) in [6.45, 7) is 5.89. The van der Waals surface area contributed by atoms with Crippen molar-refractivity contribution in [2.75, 3.05) is 0 Å². The highest BCUT2D eigenvalue weighted by Crippen LogP contribution is 2.15. The maximum atomic E-state index is 10.7. The van der Waals surface area contributed by atoms with Crippen molar-refractivity contribution in [3.05, 3.63) is 41.5 Å². The standard InChI is InChI=1S/C13H16O/c1-10(2)13-8-6-12(7-9-13)5-4-11(3)14/h4-10H,1-3H3/b5-4+. The zero-order chi connectivity index (χ0) is 10.6. The molecule has 0 amide bonds. The second-order valence-electron chi connectivity index (χ2n) is 3.77. The Morgan fingerprint density at radius 3 is 2.21 bits per heavy atom. The molecule has 0 saturated heterocycles. The van der Waals surface area contributed by atoms with E-state index in [1.807, 2.05) is 18.2 Å². The molecule has 0 fully saturated rings. The van der Waals surface area contributed by atoms with Crippen LogP contribution in [0.1, 0.15) is 37.8 Å². The lowest BCUT2D eigenvalue weighted by atomic mass is 10.0. The van der Waals surface area contributed by atoms with Gasteiger partial charge in [-0.1, -0.05) is 44.2 Å². The first-order valence-electron chi connectivity index (χ1n) is 4.88. The second-order valence-corrected chi connectivity index (χ2v) is 3.77. The van der Waals surface area contributed by atoms with Gasteiger partial charge in [0.1, 0.15) is 0 Å². The van der Waals surface area contributed by atoms with E-state index in [0.717, 1.165) is 5.56 Å². The first kappa shape index (κ1) is 10.7. The minimum atomic E-state index is 0.0814. The summed E-state index contributed by atoms with van der Waals surface area (Å²) < 4.78 is 0. The molecule has 0 aliphatic carbocycles. The van der Waals surface area contributed by atoms with Gasteiger partial charge in [0, 0.05) is 0 Å². The van der Waals surface area contributed by atoms with Gasteiger partial charge in [-0.3, -0.25) is 4.79 Å². The molecule has 0 aromatic heterocycles. The van der Waals surface area contributed by atoms with E-state index >= 15 is 0 Å². The molecule has 14 heavy (non-hydrogen) atoms. The molecule has 1 aromatic carbocycles. The van der Waals surface area contributed by atoms with E-state index in [2.05, 4.69) is 26.0 Å². The lowest BCUT2D eigenvalue weighted by molar-refractivity contribution is -0.112. The van der Waals surface area contributed by atoms with Gasteiger partial charge in [0.25, 0.3) is 0 Å². The summed E-state index contributed by atoms with van der Waals surface area (Å²) in [5.74, 6) is 0.638. The van der Waals surface area contributed by atoms with Crippen LogP contribution in [0.2, 0.25) is 0 Å². The number of hydrogen-bond donors (Lipinski definition) is 0. The van der Waals surface area contributed by atoms with Crippen molar-refractivity contribution >= 4 is 11.9 Å². The number of benzene rings is 1. The molecule has 0 spiro atoms. The van der Waals surface area contributed by atoms with Crippen molar-refractivity contribution in [3.8, 4) is 0 Å². The van der Waals surface area contributed by atoms with Gasteiger partial charge in [0.15, 0.2) is 5.78 Å². The molecular weight excluding hydrogens is 172 g/mol. The average molecular weight is 188 g/mol.